The number of methoxy groups -OCH3 is 1. The fraction of sp³-hybridized carbons (Fsp3) is 0.136. The lowest BCUT2D eigenvalue weighted by Crippen LogP contribution is -2.36. The minimum atomic E-state index is -0.982. The number of thioether (sulfide) groups is 1. The van der Waals surface area contributed by atoms with Crippen molar-refractivity contribution < 1.29 is 33.0 Å². The van der Waals surface area contributed by atoms with Gasteiger partial charge in [-0.2, -0.15) is 0 Å². The standard InChI is InChI=1S/C22H18F2N2O5S/c1-3-4-13-7-12(8-17(31-2)20(13)28)9-18-21(29)26(22(30)32-18)11-19(27)25-16-6-5-14(23)10-15(16)24/h3,5-10,28H,1,4,11H2,2H3,(H,25,27). The highest BCUT2D eigenvalue weighted by Gasteiger charge is 2.36. The predicted molar refractivity (Wildman–Crippen MR) is 116 cm³/mol. The van der Waals surface area contributed by atoms with E-state index in [0.717, 1.165) is 17.0 Å². The van der Waals surface area contributed by atoms with E-state index >= 15 is 0 Å². The van der Waals surface area contributed by atoms with Crippen LogP contribution in [0.1, 0.15) is 11.1 Å². The van der Waals surface area contributed by atoms with Crippen LogP contribution in [-0.2, 0) is 16.0 Å². The highest BCUT2D eigenvalue weighted by Crippen LogP contribution is 2.36. The molecule has 32 heavy (non-hydrogen) atoms. The molecular formula is C22H18F2N2O5S. The number of phenols is 1. The van der Waals surface area contributed by atoms with Crippen LogP contribution in [0.15, 0.2) is 47.9 Å². The third-order valence-electron chi connectivity index (χ3n) is 4.44. The molecule has 0 saturated carbocycles. The number of halogens is 2. The van der Waals surface area contributed by atoms with Crippen molar-refractivity contribution in [1.82, 2.24) is 4.90 Å². The molecule has 10 heteroatoms. The number of benzene rings is 2. The number of allylic oxidation sites excluding steroid dienone is 1. The summed E-state index contributed by atoms with van der Waals surface area (Å²) in [6, 6.07) is 5.73. The van der Waals surface area contributed by atoms with Crippen molar-refractivity contribution in [2.75, 3.05) is 19.0 Å². The molecule has 0 bridgehead atoms. The largest absolute Gasteiger partial charge is 0.504 e. The fourth-order valence-electron chi connectivity index (χ4n) is 2.95. The molecule has 2 aromatic carbocycles. The molecule has 1 saturated heterocycles. The van der Waals surface area contributed by atoms with Crippen molar-refractivity contribution in [2.24, 2.45) is 0 Å². The van der Waals surface area contributed by atoms with Crippen molar-refractivity contribution >= 4 is 40.6 Å². The highest BCUT2D eigenvalue weighted by atomic mass is 32.2. The number of hydrogen-bond donors (Lipinski definition) is 2. The lowest BCUT2D eigenvalue weighted by Gasteiger charge is -2.13. The fourth-order valence-corrected chi connectivity index (χ4v) is 3.79. The van der Waals surface area contributed by atoms with Gasteiger partial charge in [0, 0.05) is 11.6 Å². The number of anilines is 1. The van der Waals surface area contributed by atoms with Gasteiger partial charge in [0.2, 0.25) is 5.91 Å². The van der Waals surface area contributed by atoms with Crippen LogP contribution in [-0.4, -0.2) is 40.7 Å². The summed E-state index contributed by atoms with van der Waals surface area (Å²) < 4.78 is 31.8. The second-order valence-electron chi connectivity index (χ2n) is 6.66. The zero-order valence-corrected chi connectivity index (χ0v) is 17.7. The number of amides is 3. The van der Waals surface area contributed by atoms with E-state index in [-0.39, 0.29) is 22.1 Å². The van der Waals surface area contributed by atoms with Crippen LogP contribution in [0.2, 0.25) is 0 Å². The van der Waals surface area contributed by atoms with Gasteiger partial charge in [0.25, 0.3) is 11.1 Å². The number of carbonyl (C=O) groups is 3. The molecule has 166 valence electrons. The first-order chi connectivity index (χ1) is 15.2. The summed E-state index contributed by atoms with van der Waals surface area (Å²) in [5.74, 6) is -3.17. The minimum absolute atomic E-state index is 0.0534. The van der Waals surface area contributed by atoms with Gasteiger partial charge in [0.05, 0.1) is 17.7 Å². The summed E-state index contributed by atoms with van der Waals surface area (Å²) in [7, 11) is 1.38. The zero-order valence-electron chi connectivity index (χ0n) is 16.9. The molecule has 3 amide bonds. The molecule has 2 N–H and O–H groups in total. The van der Waals surface area contributed by atoms with Crippen LogP contribution in [0.25, 0.3) is 6.08 Å². The lowest BCUT2D eigenvalue weighted by molar-refractivity contribution is -0.127. The van der Waals surface area contributed by atoms with Crippen LogP contribution < -0.4 is 10.1 Å². The maximum atomic E-state index is 13.7. The molecule has 1 heterocycles. The van der Waals surface area contributed by atoms with Gasteiger partial charge in [0.15, 0.2) is 11.5 Å². The quantitative estimate of drug-likeness (QED) is 0.478. The maximum absolute atomic E-state index is 13.7. The number of ether oxygens (including phenoxy) is 1. The van der Waals surface area contributed by atoms with Crippen molar-refractivity contribution in [3.05, 3.63) is 70.7 Å². The van der Waals surface area contributed by atoms with Crippen LogP contribution in [0.3, 0.4) is 0 Å². The van der Waals surface area contributed by atoms with E-state index in [1.165, 1.54) is 19.3 Å². The van der Waals surface area contributed by atoms with E-state index in [2.05, 4.69) is 11.9 Å². The third kappa shape index (κ3) is 4.97. The number of nitrogens with zero attached hydrogens (tertiary/aromatic N) is 1. The van der Waals surface area contributed by atoms with E-state index in [1.54, 1.807) is 12.1 Å². The molecule has 0 spiro atoms. The Labute approximate surface area is 186 Å². The van der Waals surface area contributed by atoms with Crippen LogP contribution in [0, 0.1) is 11.6 Å². The van der Waals surface area contributed by atoms with E-state index in [1.807, 2.05) is 0 Å². The summed E-state index contributed by atoms with van der Waals surface area (Å²) in [5.41, 5.74) is 0.746. The smallest absolute Gasteiger partial charge is 0.294 e. The molecule has 1 aliphatic rings. The zero-order chi connectivity index (χ0) is 23.4. The number of aromatic hydroxyl groups is 1. The molecule has 2 aromatic rings. The molecule has 0 radical (unpaired) electrons. The van der Waals surface area contributed by atoms with Crippen LogP contribution in [0.4, 0.5) is 19.3 Å². The molecule has 1 aliphatic heterocycles. The number of nitrogens with one attached hydrogen (secondary N) is 1. The Balaban J connectivity index is 1.78. The van der Waals surface area contributed by atoms with E-state index in [4.69, 9.17) is 4.74 Å². The molecule has 0 unspecified atom stereocenters. The number of imide groups is 1. The van der Waals surface area contributed by atoms with E-state index in [9.17, 15) is 28.3 Å². The Hall–Kier alpha value is -3.66. The summed E-state index contributed by atoms with van der Waals surface area (Å²) >= 11 is 0.638. The molecule has 0 atom stereocenters. The second kappa shape index (κ2) is 9.65. The topological polar surface area (TPSA) is 95.9 Å². The van der Waals surface area contributed by atoms with Crippen LogP contribution in [0.5, 0.6) is 11.5 Å². The lowest BCUT2D eigenvalue weighted by atomic mass is 10.1. The van der Waals surface area contributed by atoms with Crippen molar-refractivity contribution in [1.29, 1.82) is 0 Å². The Morgan fingerprint density at radius 3 is 2.69 bits per heavy atom. The molecule has 0 aromatic heterocycles. The second-order valence-corrected chi connectivity index (χ2v) is 7.66. The SMILES string of the molecule is C=CCc1cc(C=C2SC(=O)N(CC(=O)Nc3ccc(F)cc3F)C2=O)cc(OC)c1O. The van der Waals surface area contributed by atoms with E-state index < -0.39 is 35.2 Å². The Morgan fingerprint density at radius 1 is 1.28 bits per heavy atom. The Bertz CT molecular complexity index is 1150. The first kappa shape index (κ1) is 23.0. The molecular weight excluding hydrogens is 442 g/mol. The molecule has 7 nitrogen and oxygen atoms in total. The summed E-state index contributed by atoms with van der Waals surface area (Å²) in [6.45, 7) is 2.99. The first-order valence-corrected chi connectivity index (χ1v) is 10.1. The van der Waals surface area contributed by atoms with E-state index in [0.29, 0.717) is 35.4 Å². The van der Waals surface area contributed by atoms with Crippen molar-refractivity contribution in [2.45, 2.75) is 6.42 Å². The van der Waals surface area contributed by atoms with Gasteiger partial charge in [-0.05, 0) is 54.1 Å². The Morgan fingerprint density at radius 2 is 2.03 bits per heavy atom. The number of carbonyl (C=O) groups excluding carboxylic acids is 3. The highest BCUT2D eigenvalue weighted by molar-refractivity contribution is 8.18. The normalized spacial score (nSPS) is 14.7. The van der Waals surface area contributed by atoms with Gasteiger partial charge in [0.1, 0.15) is 18.2 Å². The Kier molecular flexibility index (Phi) is 6.94. The third-order valence-corrected chi connectivity index (χ3v) is 5.35. The van der Waals surface area contributed by atoms with Gasteiger partial charge in [-0.1, -0.05) is 6.08 Å². The average molecular weight is 460 g/mol. The van der Waals surface area contributed by atoms with Gasteiger partial charge in [-0.25, -0.2) is 8.78 Å². The van der Waals surface area contributed by atoms with Gasteiger partial charge >= 0.3 is 0 Å². The first-order valence-electron chi connectivity index (χ1n) is 9.24. The average Bonchev–Trinajstić information content (AvgIpc) is 2.99. The molecule has 1 fully saturated rings. The van der Waals surface area contributed by atoms with Gasteiger partial charge in [-0.15, -0.1) is 6.58 Å². The number of rotatable bonds is 7. The summed E-state index contributed by atoms with van der Waals surface area (Å²) in [4.78, 5) is 37.9. The maximum Gasteiger partial charge on any atom is 0.294 e. The van der Waals surface area contributed by atoms with Crippen molar-refractivity contribution in [3.8, 4) is 11.5 Å². The summed E-state index contributed by atoms with van der Waals surface area (Å²) in [6.07, 6.45) is 3.39. The van der Waals surface area contributed by atoms with Crippen LogP contribution >= 0.6 is 11.8 Å². The van der Waals surface area contributed by atoms with Gasteiger partial charge in [-0.3, -0.25) is 19.3 Å². The molecule has 0 aliphatic carbocycles. The monoisotopic (exact) mass is 460 g/mol. The molecule has 3 rings (SSSR count). The number of phenolic OH excluding ortho intramolecular Hbond substituents is 1. The van der Waals surface area contributed by atoms with Crippen molar-refractivity contribution in [3.63, 3.8) is 0 Å². The van der Waals surface area contributed by atoms with Gasteiger partial charge < -0.3 is 15.2 Å². The minimum Gasteiger partial charge on any atom is -0.504 e. The number of hydrogen-bond acceptors (Lipinski definition) is 6. The summed E-state index contributed by atoms with van der Waals surface area (Å²) in [5, 5.41) is 11.7. The predicted octanol–water partition coefficient (Wildman–Crippen LogP) is 4.08.